The SMILES string of the molecule is Cc1ccc2nc(COc3ccc(C(=O)NCCc4nnc5n4CCCCC5)cc3)cn2c1. The lowest BCUT2D eigenvalue weighted by atomic mass is 10.2. The molecule has 0 atom stereocenters. The van der Waals surface area contributed by atoms with Crippen molar-refractivity contribution in [3.63, 3.8) is 0 Å². The highest BCUT2D eigenvalue weighted by Gasteiger charge is 2.15. The van der Waals surface area contributed by atoms with Crippen LogP contribution in [0.25, 0.3) is 5.65 Å². The topological polar surface area (TPSA) is 86.3 Å². The van der Waals surface area contributed by atoms with Crippen molar-refractivity contribution in [2.24, 2.45) is 0 Å². The Kier molecular flexibility index (Phi) is 6.06. The van der Waals surface area contributed by atoms with Crippen LogP contribution in [0.3, 0.4) is 0 Å². The number of hydrogen-bond acceptors (Lipinski definition) is 5. The first-order valence-electron chi connectivity index (χ1n) is 11.5. The molecule has 1 N–H and O–H groups in total. The van der Waals surface area contributed by atoms with Gasteiger partial charge in [-0.3, -0.25) is 4.79 Å². The minimum Gasteiger partial charge on any atom is -0.487 e. The summed E-state index contributed by atoms with van der Waals surface area (Å²) in [6.07, 6.45) is 9.25. The number of fused-ring (bicyclic) bond motifs is 2. The predicted molar refractivity (Wildman–Crippen MR) is 124 cm³/mol. The summed E-state index contributed by atoms with van der Waals surface area (Å²) >= 11 is 0. The van der Waals surface area contributed by atoms with Crippen molar-refractivity contribution in [2.45, 2.75) is 52.2 Å². The number of aromatic nitrogens is 5. The summed E-state index contributed by atoms with van der Waals surface area (Å²) in [4.78, 5) is 17.1. The third-order valence-electron chi connectivity index (χ3n) is 5.97. The quantitative estimate of drug-likeness (QED) is 0.471. The summed E-state index contributed by atoms with van der Waals surface area (Å²) in [6.45, 7) is 3.93. The zero-order valence-corrected chi connectivity index (χ0v) is 18.8. The molecule has 170 valence electrons. The van der Waals surface area contributed by atoms with E-state index in [-0.39, 0.29) is 5.91 Å². The Morgan fingerprint density at radius 1 is 1.06 bits per heavy atom. The standard InChI is InChI=1S/C25H28N6O2/c1-18-6-11-22-27-20(16-30(22)15-18)17-33-21-9-7-19(8-10-21)25(32)26-13-12-24-29-28-23-5-3-2-4-14-31(23)24/h6-11,15-16H,2-5,12-14,17H2,1H3,(H,26,32). The molecule has 0 fully saturated rings. The van der Waals surface area contributed by atoms with Crippen LogP contribution in [0.5, 0.6) is 5.75 Å². The smallest absolute Gasteiger partial charge is 0.251 e. The van der Waals surface area contributed by atoms with E-state index in [0.717, 1.165) is 42.4 Å². The van der Waals surface area contributed by atoms with Crippen LogP contribution in [0.15, 0.2) is 48.8 Å². The van der Waals surface area contributed by atoms with Crippen molar-refractivity contribution in [2.75, 3.05) is 6.54 Å². The molecule has 5 rings (SSSR count). The second-order valence-corrected chi connectivity index (χ2v) is 8.52. The van der Waals surface area contributed by atoms with Gasteiger partial charge in [0.15, 0.2) is 0 Å². The van der Waals surface area contributed by atoms with Crippen LogP contribution in [0.2, 0.25) is 0 Å². The number of rotatable bonds is 7. The number of benzene rings is 1. The van der Waals surface area contributed by atoms with Crippen LogP contribution in [-0.2, 0) is 26.0 Å². The number of carbonyl (C=O) groups is 1. The number of hydrogen-bond donors (Lipinski definition) is 1. The Balaban J connectivity index is 1.12. The van der Waals surface area contributed by atoms with E-state index in [4.69, 9.17) is 4.74 Å². The highest BCUT2D eigenvalue weighted by molar-refractivity contribution is 5.94. The maximum absolute atomic E-state index is 12.5. The third kappa shape index (κ3) is 4.89. The second kappa shape index (κ2) is 9.44. The first-order valence-corrected chi connectivity index (χ1v) is 11.5. The molecule has 0 saturated carbocycles. The molecule has 8 heteroatoms. The van der Waals surface area contributed by atoms with Gasteiger partial charge in [0, 0.05) is 43.9 Å². The molecule has 0 bridgehead atoms. The molecule has 33 heavy (non-hydrogen) atoms. The van der Waals surface area contributed by atoms with Gasteiger partial charge in [-0.25, -0.2) is 4.98 Å². The van der Waals surface area contributed by atoms with E-state index >= 15 is 0 Å². The predicted octanol–water partition coefficient (Wildman–Crippen LogP) is 3.51. The zero-order chi connectivity index (χ0) is 22.6. The van der Waals surface area contributed by atoms with Crippen molar-refractivity contribution < 1.29 is 9.53 Å². The molecule has 3 aromatic heterocycles. The van der Waals surface area contributed by atoms with Crippen LogP contribution in [0.4, 0.5) is 0 Å². The second-order valence-electron chi connectivity index (χ2n) is 8.52. The summed E-state index contributed by atoms with van der Waals surface area (Å²) in [6, 6.07) is 11.2. The fourth-order valence-electron chi connectivity index (χ4n) is 4.21. The van der Waals surface area contributed by atoms with Gasteiger partial charge < -0.3 is 19.0 Å². The number of carbonyl (C=O) groups excluding carboxylic acids is 1. The number of aryl methyl sites for hydroxylation is 2. The molecular weight excluding hydrogens is 416 g/mol. The lowest BCUT2D eigenvalue weighted by Gasteiger charge is -2.09. The van der Waals surface area contributed by atoms with Crippen molar-refractivity contribution in [1.82, 2.24) is 29.5 Å². The van der Waals surface area contributed by atoms with Gasteiger partial charge in [0.25, 0.3) is 5.91 Å². The summed E-state index contributed by atoms with van der Waals surface area (Å²) < 4.78 is 10.1. The molecule has 1 aromatic carbocycles. The van der Waals surface area contributed by atoms with E-state index in [0.29, 0.717) is 30.9 Å². The van der Waals surface area contributed by atoms with Crippen LogP contribution >= 0.6 is 0 Å². The molecule has 8 nitrogen and oxygen atoms in total. The summed E-state index contributed by atoms with van der Waals surface area (Å²) in [5.41, 5.74) is 3.53. The number of pyridine rings is 1. The van der Waals surface area contributed by atoms with Gasteiger partial charge in [0.05, 0.1) is 5.69 Å². The number of amides is 1. The molecule has 1 amide bonds. The molecule has 4 heterocycles. The van der Waals surface area contributed by atoms with Gasteiger partial charge in [-0.2, -0.15) is 0 Å². The van der Waals surface area contributed by atoms with Crippen LogP contribution in [0, 0.1) is 6.92 Å². The van der Waals surface area contributed by atoms with Gasteiger partial charge >= 0.3 is 0 Å². The van der Waals surface area contributed by atoms with E-state index < -0.39 is 0 Å². The van der Waals surface area contributed by atoms with Crippen molar-refractivity contribution in [3.05, 3.63) is 77.3 Å². The van der Waals surface area contributed by atoms with Gasteiger partial charge in [-0.1, -0.05) is 12.5 Å². The number of ether oxygens (including phenoxy) is 1. The average molecular weight is 445 g/mol. The van der Waals surface area contributed by atoms with Gasteiger partial charge in [-0.15, -0.1) is 10.2 Å². The Morgan fingerprint density at radius 2 is 1.94 bits per heavy atom. The molecule has 0 saturated heterocycles. The summed E-state index contributed by atoms with van der Waals surface area (Å²) in [5.74, 6) is 2.63. The first-order chi connectivity index (χ1) is 16.2. The van der Waals surface area contributed by atoms with Crippen molar-refractivity contribution >= 4 is 11.6 Å². The summed E-state index contributed by atoms with van der Waals surface area (Å²) in [7, 11) is 0. The average Bonchev–Trinajstić information content (AvgIpc) is 3.32. The van der Waals surface area contributed by atoms with E-state index in [2.05, 4.69) is 32.0 Å². The molecule has 1 aliphatic rings. The minimum atomic E-state index is -0.104. The van der Waals surface area contributed by atoms with Gasteiger partial charge in [0.1, 0.15) is 29.7 Å². The van der Waals surface area contributed by atoms with Crippen LogP contribution < -0.4 is 10.1 Å². The number of nitrogens with one attached hydrogen (secondary N) is 1. The molecule has 1 aliphatic heterocycles. The summed E-state index contributed by atoms with van der Waals surface area (Å²) in [5, 5.41) is 11.6. The lowest BCUT2D eigenvalue weighted by molar-refractivity contribution is 0.0954. The maximum atomic E-state index is 12.5. The number of nitrogens with zero attached hydrogens (tertiary/aromatic N) is 5. The Morgan fingerprint density at radius 3 is 2.82 bits per heavy atom. The Labute approximate surface area is 192 Å². The molecule has 0 radical (unpaired) electrons. The van der Waals surface area contributed by atoms with E-state index in [1.165, 1.54) is 18.4 Å². The fourth-order valence-corrected chi connectivity index (χ4v) is 4.21. The fraction of sp³-hybridized carbons (Fsp3) is 0.360. The normalized spacial score (nSPS) is 13.5. The van der Waals surface area contributed by atoms with Gasteiger partial charge in [-0.05, 0) is 55.7 Å². The lowest BCUT2D eigenvalue weighted by Crippen LogP contribution is -2.26. The molecular formula is C25H28N6O2. The van der Waals surface area contributed by atoms with Crippen LogP contribution in [-0.4, -0.2) is 36.6 Å². The molecule has 0 unspecified atom stereocenters. The van der Waals surface area contributed by atoms with E-state index in [9.17, 15) is 4.79 Å². The van der Waals surface area contributed by atoms with Crippen LogP contribution in [0.1, 0.15) is 52.5 Å². The molecule has 4 aromatic rings. The third-order valence-corrected chi connectivity index (χ3v) is 5.97. The van der Waals surface area contributed by atoms with Gasteiger partial charge in [0.2, 0.25) is 0 Å². The Bertz CT molecular complexity index is 1260. The van der Waals surface area contributed by atoms with E-state index in [1.807, 2.05) is 41.1 Å². The molecule has 0 aliphatic carbocycles. The monoisotopic (exact) mass is 444 g/mol. The highest BCUT2D eigenvalue weighted by atomic mass is 16.5. The Hall–Kier alpha value is -3.68. The van der Waals surface area contributed by atoms with Crippen molar-refractivity contribution in [1.29, 1.82) is 0 Å². The van der Waals surface area contributed by atoms with E-state index in [1.54, 1.807) is 12.1 Å². The first kappa shape index (κ1) is 21.2. The highest BCUT2D eigenvalue weighted by Crippen LogP contribution is 2.16. The minimum absolute atomic E-state index is 0.104. The zero-order valence-electron chi connectivity index (χ0n) is 18.8. The molecule has 0 spiro atoms. The largest absolute Gasteiger partial charge is 0.487 e. The van der Waals surface area contributed by atoms with Crippen molar-refractivity contribution in [3.8, 4) is 5.75 Å². The number of imidazole rings is 1. The maximum Gasteiger partial charge on any atom is 0.251 e.